The number of hydrogen-bond donors (Lipinski definition) is 3. The van der Waals surface area contributed by atoms with Crippen LogP contribution in [0.2, 0.25) is 0 Å². The van der Waals surface area contributed by atoms with Crippen molar-refractivity contribution in [2.24, 2.45) is 0 Å². The van der Waals surface area contributed by atoms with Crippen LogP contribution in [0.5, 0.6) is 0 Å². The van der Waals surface area contributed by atoms with E-state index in [-0.39, 0.29) is 19.1 Å². The summed E-state index contributed by atoms with van der Waals surface area (Å²) in [5.74, 6) is -0.185. The van der Waals surface area contributed by atoms with Gasteiger partial charge in [-0.25, -0.2) is 4.57 Å². The van der Waals surface area contributed by atoms with Crippen molar-refractivity contribution in [2.45, 2.75) is 373 Å². The van der Waals surface area contributed by atoms with Gasteiger partial charge in [0.25, 0.3) is 0 Å². The molecule has 0 aromatic heterocycles. The summed E-state index contributed by atoms with van der Waals surface area (Å²) in [6.07, 6.45) is 87.1. The molecule has 484 valence electrons. The summed E-state index contributed by atoms with van der Waals surface area (Å²) in [6.45, 7) is 4.84. The molecule has 0 saturated heterocycles. The van der Waals surface area contributed by atoms with Crippen LogP contribution >= 0.6 is 7.82 Å². The average Bonchev–Trinajstić information content (AvgIpc) is 3.47. The van der Waals surface area contributed by atoms with Crippen LogP contribution in [0.4, 0.5) is 0 Å². The summed E-state index contributed by atoms with van der Waals surface area (Å²) in [7, 11) is 1.56. The van der Waals surface area contributed by atoms with E-state index < -0.39 is 20.0 Å². The lowest BCUT2D eigenvalue weighted by Crippen LogP contribution is -2.45. The fraction of sp³-hybridized carbons (Fsp3) is 0.877. The fourth-order valence-corrected chi connectivity index (χ4v) is 11.6. The first-order valence-corrected chi connectivity index (χ1v) is 37.5. The second-order valence-corrected chi connectivity index (χ2v) is 27.4. The molecule has 3 atom stereocenters. The molecule has 0 radical (unpaired) electrons. The smallest absolute Gasteiger partial charge is 0.387 e. The van der Waals surface area contributed by atoms with Crippen molar-refractivity contribution in [1.82, 2.24) is 5.32 Å². The molecule has 0 saturated carbocycles. The van der Waals surface area contributed by atoms with E-state index in [2.05, 4.69) is 55.6 Å². The number of phosphoric acid groups is 1. The molecule has 82 heavy (non-hydrogen) atoms. The number of aliphatic hydroxyl groups is 1. The van der Waals surface area contributed by atoms with E-state index in [1.54, 1.807) is 6.08 Å². The molecule has 0 aromatic carbocycles. The van der Waals surface area contributed by atoms with Gasteiger partial charge >= 0.3 is 7.82 Å². The molecule has 0 fully saturated rings. The normalized spacial score (nSPS) is 13.9. The van der Waals surface area contributed by atoms with Crippen LogP contribution in [-0.2, 0) is 18.4 Å². The zero-order chi connectivity index (χ0) is 59.8. The molecule has 1 amide bonds. The van der Waals surface area contributed by atoms with Crippen molar-refractivity contribution < 1.29 is 32.9 Å². The second kappa shape index (κ2) is 63.9. The number of phosphoric ester groups is 1. The second-order valence-electron chi connectivity index (χ2n) is 25.9. The number of nitrogens with one attached hydrogen (secondary N) is 1. The first-order valence-electron chi connectivity index (χ1n) is 36.0. The fourth-order valence-electron chi connectivity index (χ4n) is 10.9. The Morgan fingerprint density at radius 3 is 0.976 bits per heavy atom. The quantitative estimate of drug-likeness (QED) is 0.0243. The molecule has 0 rings (SSSR count). The maximum atomic E-state index is 13.1. The van der Waals surface area contributed by atoms with E-state index in [1.807, 2.05) is 27.2 Å². The van der Waals surface area contributed by atoms with Gasteiger partial charge in [-0.15, -0.1) is 0 Å². The first-order chi connectivity index (χ1) is 40.0. The van der Waals surface area contributed by atoms with Crippen molar-refractivity contribution in [1.29, 1.82) is 0 Å². The van der Waals surface area contributed by atoms with Crippen LogP contribution in [0.3, 0.4) is 0 Å². The summed E-state index contributed by atoms with van der Waals surface area (Å²) >= 11 is 0. The lowest BCUT2D eigenvalue weighted by atomic mass is 10.0. The van der Waals surface area contributed by atoms with E-state index in [0.29, 0.717) is 17.4 Å². The maximum Gasteiger partial charge on any atom is 0.472 e. The summed E-state index contributed by atoms with van der Waals surface area (Å²) in [5.41, 5.74) is 0. The van der Waals surface area contributed by atoms with Gasteiger partial charge in [0.1, 0.15) is 13.2 Å². The van der Waals surface area contributed by atoms with Gasteiger partial charge in [0, 0.05) is 6.42 Å². The van der Waals surface area contributed by atoms with Crippen molar-refractivity contribution in [2.75, 3.05) is 40.9 Å². The minimum absolute atomic E-state index is 0.0542. The highest BCUT2D eigenvalue weighted by Gasteiger charge is 2.28. The van der Waals surface area contributed by atoms with E-state index in [0.717, 1.165) is 44.9 Å². The Balaban J connectivity index is 4.10. The number of hydrogen-bond acceptors (Lipinski definition) is 5. The van der Waals surface area contributed by atoms with Gasteiger partial charge in [-0.3, -0.25) is 13.8 Å². The summed E-state index contributed by atoms with van der Waals surface area (Å²) in [6, 6.07) is -0.871. The summed E-state index contributed by atoms with van der Waals surface area (Å²) < 4.78 is 23.8. The SMILES string of the molecule is CCCCCCCCCC/C=C\CCCCCCCCCCCCCCCCCCCC(=O)NC(COP(=O)(O)OCC[N+](C)(C)C)C(O)/C=C/CC/C=C/CC/C=C/CCCCCCCCCCCCCCCCCCCCCCC. The van der Waals surface area contributed by atoms with E-state index in [9.17, 15) is 19.4 Å². The lowest BCUT2D eigenvalue weighted by Gasteiger charge is -2.25. The number of likely N-dealkylation sites (N-methyl/N-ethyl adjacent to an activating group) is 1. The molecule has 0 aromatic rings. The molecule has 0 spiro atoms. The molecule has 9 heteroatoms. The molecule has 0 aliphatic heterocycles. The lowest BCUT2D eigenvalue weighted by molar-refractivity contribution is -0.870. The van der Waals surface area contributed by atoms with Crippen molar-refractivity contribution in [3.05, 3.63) is 48.6 Å². The number of carbonyl (C=O) groups is 1. The number of carbonyl (C=O) groups excluding carboxylic acids is 1. The van der Waals surface area contributed by atoms with Gasteiger partial charge in [-0.05, 0) is 70.6 Å². The standard InChI is InChI=1S/C73H141N2O6P/c1-6-8-10-12-14-16-18-20-22-24-26-28-30-32-34-36-37-39-40-42-44-46-48-50-52-54-56-58-60-62-64-66-72(76)71(70-81-82(78,79)80-69-68-75(3,4)5)74-73(77)67-65-63-61-59-57-55-53-51-49-47-45-43-41-38-35-33-31-29-27-25-23-21-19-17-15-13-11-9-7-2/h25,27,48,50,56,58,64,66,71-72,76H,6-24,26,28-47,49,51-55,57,59-63,65,67-70H2,1-5H3,(H-,74,77,78,79)/p+1/b27-25-,50-48+,58-56+,66-64+. The number of amides is 1. The largest absolute Gasteiger partial charge is 0.472 e. The topological polar surface area (TPSA) is 105 Å². The Labute approximate surface area is 511 Å². The number of allylic oxidation sites excluding steroid dienone is 7. The molecule has 0 aliphatic rings. The van der Waals surface area contributed by atoms with Gasteiger partial charge in [-0.2, -0.15) is 0 Å². The van der Waals surface area contributed by atoms with Gasteiger partial charge < -0.3 is 19.8 Å². The average molecular weight is 1170 g/mol. The van der Waals surface area contributed by atoms with Crippen LogP contribution in [-0.4, -0.2) is 73.4 Å². The highest BCUT2D eigenvalue weighted by Crippen LogP contribution is 2.43. The van der Waals surface area contributed by atoms with Gasteiger partial charge in [0.05, 0.1) is 39.9 Å². The minimum Gasteiger partial charge on any atom is -0.387 e. The van der Waals surface area contributed by atoms with E-state index in [4.69, 9.17) is 9.05 Å². The van der Waals surface area contributed by atoms with Gasteiger partial charge in [0.2, 0.25) is 5.91 Å². The predicted molar refractivity (Wildman–Crippen MR) is 360 cm³/mol. The third kappa shape index (κ3) is 66.0. The minimum atomic E-state index is -4.37. The third-order valence-electron chi connectivity index (χ3n) is 16.5. The predicted octanol–water partition coefficient (Wildman–Crippen LogP) is 23.0. The Bertz CT molecular complexity index is 1480. The summed E-state index contributed by atoms with van der Waals surface area (Å²) in [5, 5.41) is 14.0. The Morgan fingerprint density at radius 1 is 0.402 bits per heavy atom. The first kappa shape index (κ1) is 80.5. The molecule has 3 N–H and O–H groups in total. The van der Waals surface area contributed by atoms with Gasteiger partial charge in [0.15, 0.2) is 0 Å². The van der Waals surface area contributed by atoms with Crippen LogP contribution in [0, 0.1) is 0 Å². The van der Waals surface area contributed by atoms with Crippen molar-refractivity contribution in [3.63, 3.8) is 0 Å². The van der Waals surface area contributed by atoms with Crippen LogP contribution < -0.4 is 5.32 Å². The number of nitrogens with zero attached hydrogens (tertiary/aromatic N) is 1. The van der Waals surface area contributed by atoms with E-state index in [1.165, 1.54) is 295 Å². The monoisotopic (exact) mass is 1170 g/mol. The molecule has 8 nitrogen and oxygen atoms in total. The van der Waals surface area contributed by atoms with Crippen LogP contribution in [0.15, 0.2) is 48.6 Å². The summed E-state index contributed by atoms with van der Waals surface area (Å²) in [4.78, 5) is 23.4. The zero-order valence-electron chi connectivity index (χ0n) is 55.5. The molecular weight excluding hydrogens is 1030 g/mol. The van der Waals surface area contributed by atoms with Crippen LogP contribution in [0.25, 0.3) is 0 Å². The zero-order valence-corrected chi connectivity index (χ0v) is 56.4. The Kier molecular flexibility index (Phi) is 62.7. The third-order valence-corrected chi connectivity index (χ3v) is 17.5. The molecular formula is C73H142N2O6P+. The van der Waals surface area contributed by atoms with Crippen LogP contribution in [0.1, 0.15) is 361 Å². The molecule has 3 unspecified atom stereocenters. The number of unbranched alkanes of at least 4 members (excludes halogenated alkanes) is 48. The highest BCUT2D eigenvalue weighted by atomic mass is 31.2. The Hall–Kier alpha value is -1.54. The molecule has 0 heterocycles. The number of quaternary nitrogens is 1. The highest BCUT2D eigenvalue weighted by molar-refractivity contribution is 7.47. The molecule has 0 aliphatic carbocycles. The molecule has 0 bridgehead atoms. The maximum absolute atomic E-state index is 13.1. The van der Waals surface area contributed by atoms with Crippen molar-refractivity contribution in [3.8, 4) is 0 Å². The number of aliphatic hydroxyl groups excluding tert-OH is 1. The van der Waals surface area contributed by atoms with Gasteiger partial charge in [-0.1, -0.05) is 332 Å². The number of rotatable bonds is 67. The Morgan fingerprint density at radius 2 is 0.671 bits per heavy atom. The van der Waals surface area contributed by atoms with Crippen molar-refractivity contribution >= 4 is 13.7 Å². The van der Waals surface area contributed by atoms with E-state index >= 15 is 0 Å².